The van der Waals surface area contributed by atoms with Crippen molar-refractivity contribution in [3.8, 4) is 11.5 Å². The topological polar surface area (TPSA) is 120 Å². The largest absolute Gasteiger partial charge is 0.497 e. The van der Waals surface area contributed by atoms with Gasteiger partial charge in [-0.3, -0.25) is 4.79 Å². The van der Waals surface area contributed by atoms with Gasteiger partial charge in [-0.15, -0.1) is 0 Å². The summed E-state index contributed by atoms with van der Waals surface area (Å²) in [7, 11) is -0.610. The molecule has 0 unspecified atom stereocenters. The first-order valence-electron chi connectivity index (χ1n) is 8.18. The molecule has 0 saturated heterocycles. The average Bonchev–Trinajstić information content (AvgIpc) is 2.65. The summed E-state index contributed by atoms with van der Waals surface area (Å²) in [6, 6.07) is 11.5. The van der Waals surface area contributed by atoms with Gasteiger partial charge in [0, 0.05) is 6.07 Å². The molecule has 2 rings (SSSR count). The van der Waals surface area contributed by atoms with Crippen LogP contribution in [0.1, 0.15) is 5.56 Å². The molecule has 9 heteroatoms. The maximum atomic E-state index is 12.1. The first kappa shape index (κ1) is 20.7. The molecule has 0 aliphatic heterocycles. The molecule has 2 aromatic rings. The molecule has 0 aliphatic rings. The molecule has 0 saturated carbocycles. The fraction of sp³-hybridized carbons (Fsp3) is 0.278. The lowest BCUT2D eigenvalue weighted by atomic mass is 10.1. The van der Waals surface area contributed by atoms with Crippen molar-refractivity contribution in [2.24, 2.45) is 5.14 Å². The minimum Gasteiger partial charge on any atom is -0.497 e. The van der Waals surface area contributed by atoms with Crippen molar-refractivity contribution in [3.63, 3.8) is 0 Å². The van der Waals surface area contributed by atoms with Crippen molar-refractivity contribution in [3.05, 3.63) is 48.0 Å². The quantitative estimate of drug-likeness (QED) is 0.549. The summed E-state index contributed by atoms with van der Waals surface area (Å²) in [5.41, 5.74) is 1.50. The van der Waals surface area contributed by atoms with E-state index in [0.717, 1.165) is 5.56 Å². The number of primary sulfonamides is 1. The number of carbonyl (C=O) groups is 1. The Hall–Kier alpha value is -2.62. The number of carbonyl (C=O) groups excluding carboxylic acids is 1. The number of sulfonamides is 1. The number of rotatable bonds is 9. The van der Waals surface area contributed by atoms with Crippen LogP contribution < -0.4 is 25.2 Å². The molecule has 0 spiro atoms. The van der Waals surface area contributed by atoms with E-state index in [1.807, 2.05) is 0 Å². The predicted molar refractivity (Wildman–Crippen MR) is 103 cm³/mol. The van der Waals surface area contributed by atoms with Crippen LogP contribution in [0.4, 0.5) is 5.69 Å². The zero-order valence-corrected chi connectivity index (χ0v) is 16.0. The first-order valence-corrected chi connectivity index (χ1v) is 9.72. The highest BCUT2D eigenvalue weighted by molar-refractivity contribution is 7.89. The number of anilines is 1. The van der Waals surface area contributed by atoms with Gasteiger partial charge >= 0.3 is 0 Å². The van der Waals surface area contributed by atoms with Crippen molar-refractivity contribution >= 4 is 21.6 Å². The first-order chi connectivity index (χ1) is 12.8. The highest BCUT2D eigenvalue weighted by atomic mass is 32.2. The molecule has 0 atom stereocenters. The standard InChI is InChI=1S/C18H23N3O5S/c1-25-14-5-8-16(17(11-14)26-2)21-18(22)12-20-10-9-13-3-6-15(7-4-13)27(19,23)24/h3-8,11,20H,9-10,12H2,1-2H3,(H,21,22)(H2,19,23,24). The Morgan fingerprint density at radius 2 is 1.78 bits per heavy atom. The highest BCUT2D eigenvalue weighted by Gasteiger charge is 2.09. The second-order valence-electron chi connectivity index (χ2n) is 5.73. The van der Waals surface area contributed by atoms with Crippen molar-refractivity contribution in [1.82, 2.24) is 5.32 Å². The minimum atomic E-state index is -3.68. The van der Waals surface area contributed by atoms with Crippen LogP contribution in [0.2, 0.25) is 0 Å². The van der Waals surface area contributed by atoms with E-state index in [4.69, 9.17) is 14.6 Å². The zero-order chi connectivity index (χ0) is 19.9. The van der Waals surface area contributed by atoms with E-state index in [1.54, 1.807) is 37.4 Å². The molecule has 0 aliphatic carbocycles. The maximum absolute atomic E-state index is 12.1. The number of nitrogens with one attached hydrogen (secondary N) is 2. The number of benzene rings is 2. The molecule has 1 amide bonds. The van der Waals surface area contributed by atoms with Crippen LogP contribution in [0.3, 0.4) is 0 Å². The van der Waals surface area contributed by atoms with Gasteiger partial charge in [-0.25, -0.2) is 13.6 Å². The molecular weight excluding hydrogens is 370 g/mol. The summed E-state index contributed by atoms with van der Waals surface area (Å²) in [5.74, 6) is 0.942. The van der Waals surface area contributed by atoms with Crippen LogP contribution in [-0.4, -0.2) is 41.6 Å². The number of amides is 1. The van der Waals surface area contributed by atoms with E-state index in [0.29, 0.717) is 30.2 Å². The monoisotopic (exact) mass is 393 g/mol. The molecule has 146 valence electrons. The number of nitrogens with two attached hydrogens (primary N) is 1. The summed E-state index contributed by atoms with van der Waals surface area (Å²) in [6.45, 7) is 0.687. The van der Waals surface area contributed by atoms with Crippen LogP contribution in [0.15, 0.2) is 47.4 Å². The van der Waals surface area contributed by atoms with Gasteiger partial charge < -0.3 is 20.1 Å². The Morgan fingerprint density at radius 1 is 1.07 bits per heavy atom. The molecule has 2 aromatic carbocycles. The summed E-state index contributed by atoms with van der Waals surface area (Å²) < 4.78 is 32.8. The number of methoxy groups -OCH3 is 2. The lowest BCUT2D eigenvalue weighted by molar-refractivity contribution is -0.115. The average molecular weight is 393 g/mol. The smallest absolute Gasteiger partial charge is 0.238 e. The van der Waals surface area contributed by atoms with Crippen molar-refractivity contribution in [2.75, 3.05) is 32.6 Å². The molecule has 4 N–H and O–H groups in total. The van der Waals surface area contributed by atoms with Gasteiger partial charge in [-0.1, -0.05) is 12.1 Å². The van der Waals surface area contributed by atoms with E-state index in [9.17, 15) is 13.2 Å². The molecule has 8 nitrogen and oxygen atoms in total. The van der Waals surface area contributed by atoms with Crippen LogP contribution in [0.25, 0.3) is 0 Å². The highest BCUT2D eigenvalue weighted by Crippen LogP contribution is 2.28. The van der Waals surface area contributed by atoms with Crippen molar-refractivity contribution in [1.29, 1.82) is 0 Å². The van der Waals surface area contributed by atoms with E-state index >= 15 is 0 Å². The Labute approximate surface area is 158 Å². The van der Waals surface area contributed by atoms with Gasteiger partial charge in [-0.2, -0.15) is 0 Å². The summed E-state index contributed by atoms with van der Waals surface area (Å²) >= 11 is 0. The lowest BCUT2D eigenvalue weighted by Gasteiger charge is -2.12. The molecular formula is C18H23N3O5S. The number of ether oxygens (including phenoxy) is 2. The fourth-order valence-corrected chi connectivity index (χ4v) is 2.89. The minimum absolute atomic E-state index is 0.0759. The van der Waals surface area contributed by atoms with Gasteiger partial charge in [0.15, 0.2) is 0 Å². The number of hydrogen-bond acceptors (Lipinski definition) is 6. The molecule has 0 radical (unpaired) electrons. The molecule has 0 fully saturated rings. The number of hydrogen-bond donors (Lipinski definition) is 3. The summed E-state index contributed by atoms with van der Waals surface area (Å²) in [6.07, 6.45) is 0.643. The SMILES string of the molecule is COc1ccc(NC(=O)CNCCc2ccc(S(N)(=O)=O)cc2)c(OC)c1. The van der Waals surface area contributed by atoms with E-state index in [-0.39, 0.29) is 17.3 Å². The Kier molecular flexibility index (Phi) is 7.17. The third-order valence-electron chi connectivity index (χ3n) is 3.81. The third kappa shape index (κ3) is 6.24. The van der Waals surface area contributed by atoms with Crippen LogP contribution in [0, 0.1) is 0 Å². The van der Waals surface area contributed by atoms with Gasteiger partial charge in [0.25, 0.3) is 0 Å². The summed E-state index contributed by atoms with van der Waals surface area (Å²) in [5, 5.41) is 10.9. The van der Waals surface area contributed by atoms with Crippen molar-refractivity contribution in [2.45, 2.75) is 11.3 Å². The predicted octanol–water partition coefficient (Wildman–Crippen LogP) is 1.12. The van der Waals surface area contributed by atoms with Crippen LogP contribution in [0.5, 0.6) is 11.5 Å². The lowest BCUT2D eigenvalue weighted by Crippen LogP contribution is -2.29. The normalized spacial score (nSPS) is 11.1. The molecule has 0 bridgehead atoms. The van der Waals surface area contributed by atoms with Crippen LogP contribution >= 0.6 is 0 Å². The van der Waals surface area contributed by atoms with Gasteiger partial charge in [0.2, 0.25) is 15.9 Å². The Morgan fingerprint density at radius 3 is 2.37 bits per heavy atom. The Bertz CT molecular complexity index is 882. The summed E-state index contributed by atoms with van der Waals surface area (Å²) in [4.78, 5) is 12.1. The van der Waals surface area contributed by atoms with Gasteiger partial charge in [-0.05, 0) is 42.8 Å². The maximum Gasteiger partial charge on any atom is 0.238 e. The van der Waals surface area contributed by atoms with E-state index in [1.165, 1.54) is 19.2 Å². The second kappa shape index (κ2) is 9.36. The van der Waals surface area contributed by atoms with E-state index < -0.39 is 10.0 Å². The Balaban J connectivity index is 1.79. The third-order valence-corrected chi connectivity index (χ3v) is 4.74. The molecule has 27 heavy (non-hydrogen) atoms. The zero-order valence-electron chi connectivity index (χ0n) is 15.2. The second-order valence-corrected chi connectivity index (χ2v) is 7.29. The van der Waals surface area contributed by atoms with Gasteiger partial charge in [0.1, 0.15) is 11.5 Å². The molecule has 0 heterocycles. The van der Waals surface area contributed by atoms with Crippen molar-refractivity contribution < 1.29 is 22.7 Å². The molecule has 0 aromatic heterocycles. The fourth-order valence-electron chi connectivity index (χ4n) is 2.38. The van der Waals surface area contributed by atoms with E-state index in [2.05, 4.69) is 10.6 Å². The van der Waals surface area contributed by atoms with Crippen LogP contribution in [-0.2, 0) is 21.2 Å². The van der Waals surface area contributed by atoms with Gasteiger partial charge in [0.05, 0.1) is 31.3 Å².